The monoisotopic (exact) mass is 368 g/mol. The molecule has 1 aromatic carbocycles. The lowest BCUT2D eigenvalue weighted by molar-refractivity contribution is -0.138. The summed E-state index contributed by atoms with van der Waals surface area (Å²) in [5, 5.41) is 10.4. The van der Waals surface area contributed by atoms with Crippen molar-refractivity contribution >= 4 is 12.1 Å². The molecule has 1 N–H and O–H groups in total. The van der Waals surface area contributed by atoms with Crippen LogP contribution in [0.4, 0.5) is 5.69 Å². The van der Waals surface area contributed by atoms with E-state index in [0.29, 0.717) is 10.4 Å². The first-order valence-corrected chi connectivity index (χ1v) is 11.0. The Bertz CT molecular complexity index is 721. The quantitative estimate of drug-likeness (QED) is 0.631. The van der Waals surface area contributed by atoms with Gasteiger partial charge < -0.3 is 5.11 Å². The number of carbonyl (C=O) groups excluding carboxylic acids is 1. The van der Waals surface area contributed by atoms with E-state index in [-0.39, 0.29) is 17.6 Å². The molecule has 0 spiro atoms. The summed E-state index contributed by atoms with van der Waals surface area (Å²) in [6.45, 7) is 5.46. The van der Waals surface area contributed by atoms with Crippen LogP contribution in [0, 0.1) is 23.7 Å². The first kappa shape index (κ1) is 17.9. The van der Waals surface area contributed by atoms with Crippen LogP contribution in [0.5, 0.6) is 0 Å². The highest BCUT2D eigenvalue weighted by Crippen LogP contribution is 2.62. The normalized spacial score (nSPS) is 45.1. The van der Waals surface area contributed by atoms with E-state index in [1.807, 2.05) is 0 Å². The van der Waals surface area contributed by atoms with Crippen molar-refractivity contribution in [3.63, 3.8) is 0 Å². The molecular formula is C24H34NO2+. The van der Waals surface area contributed by atoms with E-state index in [9.17, 15) is 9.90 Å². The second-order valence-corrected chi connectivity index (χ2v) is 10.6. The highest BCUT2D eigenvalue weighted by molar-refractivity contribution is 5.76. The summed E-state index contributed by atoms with van der Waals surface area (Å²) in [5.41, 5.74) is 2.31. The predicted molar refractivity (Wildman–Crippen MR) is 108 cm³/mol. The molecule has 1 aromatic rings. The molecule has 4 saturated carbocycles. The Morgan fingerprint density at radius 1 is 1.11 bits per heavy atom. The molecule has 0 saturated heterocycles. The molecule has 1 heterocycles. The maximum Gasteiger partial charge on any atom is 0.307 e. The number of aliphatic hydroxyl groups excluding tert-OH is 1. The maximum atomic E-state index is 12.9. The van der Waals surface area contributed by atoms with Crippen LogP contribution in [0.15, 0.2) is 24.3 Å². The molecule has 3 heteroatoms. The molecular weight excluding hydrogens is 334 g/mol. The molecule has 146 valence electrons. The fourth-order valence-electron chi connectivity index (χ4n) is 8.09. The van der Waals surface area contributed by atoms with Gasteiger partial charge in [0.15, 0.2) is 0 Å². The number of nitrogens with zero attached hydrogens (tertiary/aromatic N) is 1. The molecule has 4 fully saturated rings. The first-order chi connectivity index (χ1) is 13.0. The van der Waals surface area contributed by atoms with Gasteiger partial charge in [0.2, 0.25) is 0 Å². The minimum Gasteiger partial charge on any atom is -0.395 e. The average molecular weight is 369 g/mol. The van der Waals surface area contributed by atoms with Crippen LogP contribution in [0.3, 0.4) is 0 Å². The van der Waals surface area contributed by atoms with E-state index in [1.165, 1.54) is 56.2 Å². The number of benzene rings is 1. The third-order valence-electron chi connectivity index (χ3n) is 9.20. The Morgan fingerprint density at radius 2 is 1.70 bits per heavy atom. The van der Waals surface area contributed by atoms with E-state index in [2.05, 4.69) is 38.1 Å². The van der Waals surface area contributed by atoms with Gasteiger partial charge in [-0.3, -0.25) is 0 Å². The number of fused-ring (bicyclic) bond motifs is 1. The Morgan fingerprint density at radius 3 is 2.22 bits per heavy atom. The SMILES string of the molecule is CC(C)C1(CO)CC[N+](C=O)(C23CC4CC(CC(C4)C2)C3)c2ccccc21. The van der Waals surface area contributed by atoms with Crippen molar-refractivity contribution in [2.24, 2.45) is 23.7 Å². The minimum absolute atomic E-state index is 0.102. The van der Waals surface area contributed by atoms with Crippen molar-refractivity contribution < 1.29 is 9.90 Å². The van der Waals surface area contributed by atoms with Crippen LogP contribution in [0.1, 0.15) is 64.4 Å². The lowest BCUT2D eigenvalue weighted by atomic mass is 9.51. The third-order valence-corrected chi connectivity index (χ3v) is 9.20. The smallest absolute Gasteiger partial charge is 0.307 e. The van der Waals surface area contributed by atoms with Crippen LogP contribution >= 0.6 is 0 Å². The van der Waals surface area contributed by atoms with E-state index >= 15 is 0 Å². The van der Waals surface area contributed by atoms with Crippen molar-refractivity contribution in [3.8, 4) is 0 Å². The molecule has 2 unspecified atom stereocenters. The zero-order valence-electron chi connectivity index (χ0n) is 16.9. The van der Waals surface area contributed by atoms with Gasteiger partial charge in [-0.05, 0) is 49.0 Å². The average Bonchev–Trinajstić information content (AvgIpc) is 2.65. The van der Waals surface area contributed by atoms with Gasteiger partial charge in [0.25, 0.3) is 0 Å². The molecule has 3 nitrogen and oxygen atoms in total. The van der Waals surface area contributed by atoms with Crippen LogP contribution in [-0.4, -0.2) is 30.2 Å². The Hall–Kier alpha value is -1.19. The number of hydrogen-bond acceptors (Lipinski definition) is 2. The molecule has 6 rings (SSSR count). The molecule has 2 atom stereocenters. The number of quaternary nitrogens is 1. The summed E-state index contributed by atoms with van der Waals surface area (Å²) in [6.07, 6.45) is 10.1. The number of amides is 1. The summed E-state index contributed by atoms with van der Waals surface area (Å²) in [6, 6.07) is 8.59. The number of carbonyl (C=O) groups is 1. The number of rotatable bonds is 4. The molecule has 0 aromatic heterocycles. The largest absolute Gasteiger partial charge is 0.395 e. The number of hydrogen-bond donors (Lipinski definition) is 1. The molecule has 4 bridgehead atoms. The summed E-state index contributed by atoms with van der Waals surface area (Å²) in [5.74, 6) is 2.84. The van der Waals surface area contributed by atoms with Crippen molar-refractivity contribution in [2.75, 3.05) is 13.2 Å². The van der Waals surface area contributed by atoms with Crippen LogP contribution in [0.2, 0.25) is 0 Å². The van der Waals surface area contributed by atoms with Crippen LogP contribution < -0.4 is 4.48 Å². The second-order valence-electron chi connectivity index (χ2n) is 10.6. The maximum absolute atomic E-state index is 12.9. The van der Waals surface area contributed by atoms with E-state index in [1.54, 1.807) is 0 Å². The highest BCUT2D eigenvalue weighted by atomic mass is 16.3. The molecule has 1 amide bonds. The van der Waals surface area contributed by atoms with Gasteiger partial charge in [0, 0.05) is 36.7 Å². The van der Waals surface area contributed by atoms with E-state index in [4.69, 9.17) is 0 Å². The first-order valence-electron chi connectivity index (χ1n) is 11.0. The highest BCUT2D eigenvalue weighted by Gasteiger charge is 2.65. The van der Waals surface area contributed by atoms with Gasteiger partial charge in [-0.1, -0.05) is 32.0 Å². The minimum atomic E-state index is -0.219. The zero-order valence-corrected chi connectivity index (χ0v) is 16.9. The van der Waals surface area contributed by atoms with Crippen molar-refractivity contribution in [2.45, 2.75) is 69.7 Å². The molecule has 1 aliphatic heterocycles. The fraction of sp³-hybridized carbons (Fsp3) is 0.708. The van der Waals surface area contributed by atoms with E-state index in [0.717, 1.165) is 30.7 Å². The third kappa shape index (κ3) is 2.19. The van der Waals surface area contributed by atoms with Gasteiger partial charge in [0.1, 0.15) is 11.2 Å². The van der Waals surface area contributed by atoms with Crippen molar-refractivity contribution in [1.29, 1.82) is 0 Å². The summed E-state index contributed by atoms with van der Waals surface area (Å²) >= 11 is 0. The van der Waals surface area contributed by atoms with Gasteiger partial charge >= 0.3 is 6.41 Å². The Balaban J connectivity index is 1.69. The number of para-hydroxylation sites is 1. The van der Waals surface area contributed by atoms with Crippen LogP contribution in [0.25, 0.3) is 0 Å². The van der Waals surface area contributed by atoms with Gasteiger partial charge in [-0.2, -0.15) is 0 Å². The Labute approximate surface area is 163 Å². The summed E-state index contributed by atoms with van der Waals surface area (Å²) in [7, 11) is 0. The fourth-order valence-corrected chi connectivity index (χ4v) is 8.09. The Kier molecular flexibility index (Phi) is 3.91. The lowest BCUT2D eigenvalue weighted by Crippen LogP contribution is -2.73. The molecule has 4 aliphatic carbocycles. The standard InChI is InChI=1S/C24H34NO2/c1-17(2)24(15-26)7-8-25(16-27,22-6-4-3-5-21(22)24)23-12-18-9-19(13-23)11-20(10-18)14-23/h3-6,16-20,26H,7-15H2,1-2H3/q+1. The number of aliphatic hydroxyl groups is 1. The predicted octanol–water partition coefficient (Wildman–Crippen LogP) is 4.41. The van der Waals surface area contributed by atoms with Crippen LogP contribution in [-0.2, 0) is 10.2 Å². The van der Waals surface area contributed by atoms with Gasteiger partial charge in [0.05, 0.1) is 13.2 Å². The van der Waals surface area contributed by atoms with Crippen molar-refractivity contribution in [3.05, 3.63) is 29.8 Å². The molecule has 0 radical (unpaired) electrons. The van der Waals surface area contributed by atoms with Gasteiger partial charge in [-0.15, -0.1) is 0 Å². The topological polar surface area (TPSA) is 37.3 Å². The molecule has 5 aliphatic rings. The van der Waals surface area contributed by atoms with Gasteiger partial charge in [-0.25, -0.2) is 9.28 Å². The summed E-state index contributed by atoms with van der Waals surface area (Å²) in [4.78, 5) is 12.9. The molecule has 27 heavy (non-hydrogen) atoms. The van der Waals surface area contributed by atoms with E-state index < -0.39 is 0 Å². The lowest BCUT2D eigenvalue weighted by Gasteiger charge is -2.63. The van der Waals surface area contributed by atoms with Crippen molar-refractivity contribution in [1.82, 2.24) is 4.48 Å². The second kappa shape index (κ2) is 5.90. The summed E-state index contributed by atoms with van der Waals surface area (Å²) < 4.78 is 0.529. The zero-order chi connectivity index (χ0) is 18.9.